The minimum Gasteiger partial charge on any atom is -0.402 e. The fourth-order valence-electron chi connectivity index (χ4n) is 2.23. The van der Waals surface area contributed by atoms with Crippen LogP contribution in [-0.4, -0.2) is 21.7 Å². The molecule has 0 spiro atoms. The molecule has 0 fully saturated rings. The van der Waals surface area contributed by atoms with Gasteiger partial charge in [-0.3, -0.25) is 20.2 Å². The molecule has 136 valence electrons. The predicted molar refractivity (Wildman–Crippen MR) is 99.5 cm³/mol. The molecule has 0 bridgehead atoms. The van der Waals surface area contributed by atoms with E-state index in [1.807, 2.05) is 0 Å². The summed E-state index contributed by atoms with van der Waals surface area (Å²) in [6.07, 6.45) is 1.33. The molecular formula is C16H7BrClN3O6. The fraction of sp³-hybridized carbons (Fsp3) is 0. The zero-order chi connectivity index (χ0) is 19.7. The van der Waals surface area contributed by atoms with Crippen molar-refractivity contribution >= 4 is 56.8 Å². The lowest BCUT2D eigenvalue weighted by Gasteiger charge is -2.02. The van der Waals surface area contributed by atoms with Gasteiger partial charge in [0.2, 0.25) is 5.90 Å². The Morgan fingerprint density at radius 3 is 2.48 bits per heavy atom. The third kappa shape index (κ3) is 3.86. The van der Waals surface area contributed by atoms with Crippen LogP contribution in [0.15, 0.2) is 51.6 Å². The minimum atomic E-state index is -0.773. The van der Waals surface area contributed by atoms with Gasteiger partial charge in [0.1, 0.15) is 0 Å². The molecule has 27 heavy (non-hydrogen) atoms. The average Bonchev–Trinajstić information content (AvgIpc) is 2.96. The highest BCUT2D eigenvalue weighted by Crippen LogP contribution is 2.29. The standard InChI is InChI=1S/C16H7BrClN3O6/c17-11-4-1-8(6-14(11)21(25)26)5-13-16(22)27-15(19-13)10-3-2-9(20(23)24)7-12(10)18/h1-7H/b13-5-. The maximum Gasteiger partial charge on any atom is 0.363 e. The number of carbonyl (C=O) groups excluding carboxylic acids is 1. The Balaban J connectivity index is 1.97. The molecule has 2 aromatic carbocycles. The van der Waals surface area contributed by atoms with Gasteiger partial charge < -0.3 is 4.74 Å². The molecule has 1 aliphatic heterocycles. The van der Waals surface area contributed by atoms with Gasteiger partial charge >= 0.3 is 5.97 Å². The summed E-state index contributed by atoms with van der Waals surface area (Å²) in [4.78, 5) is 36.7. The maximum atomic E-state index is 12.0. The first-order valence-corrected chi connectivity index (χ1v) is 8.34. The monoisotopic (exact) mass is 451 g/mol. The van der Waals surface area contributed by atoms with E-state index in [0.29, 0.717) is 10.0 Å². The van der Waals surface area contributed by atoms with Crippen molar-refractivity contribution in [2.75, 3.05) is 0 Å². The smallest absolute Gasteiger partial charge is 0.363 e. The van der Waals surface area contributed by atoms with Gasteiger partial charge in [-0.2, -0.15) is 0 Å². The van der Waals surface area contributed by atoms with Crippen LogP contribution in [0.5, 0.6) is 0 Å². The average molecular weight is 453 g/mol. The fourth-order valence-corrected chi connectivity index (χ4v) is 2.88. The largest absolute Gasteiger partial charge is 0.402 e. The SMILES string of the molecule is O=C1OC(c2ccc([N+](=O)[O-])cc2Cl)=N/C1=C\c1ccc(Br)c([N+](=O)[O-])c1. The van der Waals surface area contributed by atoms with E-state index in [1.165, 1.54) is 30.3 Å². The second-order valence-corrected chi connectivity index (χ2v) is 6.49. The van der Waals surface area contributed by atoms with Crippen molar-refractivity contribution < 1.29 is 19.4 Å². The van der Waals surface area contributed by atoms with E-state index >= 15 is 0 Å². The number of cyclic esters (lactones) is 1. The summed E-state index contributed by atoms with van der Waals surface area (Å²) in [6.45, 7) is 0. The normalized spacial score (nSPS) is 14.8. The number of aliphatic imine (C=N–C) groups is 1. The molecule has 1 aliphatic rings. The summed E-state index contributed by atoms with van der Waals surface area (Å²) in [5.74, 6) is -0.886. The molecule has 0 aliphatic carbocycles. The Labute approximate surface area is 164 Å². The number of hydrogen-bond donors (Lipinski definition) is 0. The van der Waals surface area contributed by atoms with Gasteiger partial charge in [0.15, 0.2) is 5.70 Å². The van der Waals surface area contributed by atoms with Crippen molar-refractivity contribution in [2.24, 2.45) is 4.99 Å². The van der Waals surface area contributed by atoms with Crippen LogP contribution in [0.1, 0.15) is 11.1 Å². The number of nitrogens with zero attached hydrogens (tertiary/aromatic N) is 3. The van der Waals surface area contributed by atoms with E-state index in [0.717, 1.165) is 6.07 Å². The molecular weight excluding hydrogens is 446 g/mol. The number of nitro benzene ring substituents is 2. The number of esters is 1. The lowest BCUT2D eigenvalue weighted by atomic mass is 10.1. The molecule has 0 saturated heterocycles. The van der Waals surface area contributed by atoms with Crippen molar-refractivity contribution in [3.8, 4) is 0 Å². The van der Waals surface area contributed by atoms with Crippen LogP contribution in [0.25, 0.3) is 6.08 Å². The van der Waals surface area contributed by atoms with Crippen molar-refractivity contribution in [1.29, 1.82) is 0 Å². The zero-order valence-corrected chi connectivity index (χ0v) is 15.4. The number of carbonyl (C=O) groups is 1. The van der Waals surface area contributed by atoms with Gasteiger partial charge in [-0.15, -0.1) is 0 Å². The molecule has 0 aromatic heterocycles. The van der Waals surface area contributed by atoms with Crippen LogP contribution in [0.4, 0.5) is 11.4 Å². The molecule has 0 unspecified atom stereocenters. The predicted octanol–water partition coefficient (Wildman–Crippen LogP) is 4.26. The third-order valence-corrected chi connectivity index (χ3v) is 4.47. The van der Waals surface area contributed by atoms with Crippen LogP contribution in [-0.2, 0) is 9.53 Å². The van der Waals surface area contributed by atoms with Crippen molar-refractivity contribution in [3.63, 3.8) is 0 Å². The van der Waals surface area contributed by atoms with Crippen LogP contribution >= 0.6 is 27.5 Å². The quantitative estimate of drug-likeness (QED) is 0.295. The molecule has 0 amide bonds. The first kappa shape index (κ1) is 18.7. The number of rotatable bonds is 4. The second-order valence-electron chi connectivity index (χ2n) is 5.23. The topological polar surface area (TPSA) is 125 Å². The Kier molecular flexibility index (Phi) is 5.02. The Morgan fingerprint density at radius 1 is 1.11 bits per heavy atom. The van der Waals surface area contributed by atoms with Gasteiger partial charge in [-0.25, -0.2) is 9.79 Å². The summed E-state index contributed by atoms with van der Waals surface area (Å²) < 4.78 is 5.36. The minimum absolute atomic E-state index is 0.00344. The van der Waals surface area contributed by atoms with Gasteiger partial charge in [-0.05, 0) is 39.7 Å². The molecule has 11 heteroatoms. The number of non-ortho nitro benzene ring substituents is 1. The van der Waals surface area contributed by atoms with Crippen molar-refractivity contribution in [3.05, 3.63) is 82.9 Å². The number of hydrogen-bond acceptors (Lipinski definition) is 7. The number of halogens is 2. The van der Waals surface area contributed by atoms with Gasteiger partial charge in [0.05, 0.1) is 24.9 Å². The van der Waals surface area contributed by atoms with Crippen LogP contribution in [0.2, 0.25) is 5.02 Å². The van der Waals surface area contributed by atoms with E-state index in [4.69, 9.17) is 16.3 Å². The first-order chi connectivity index (χ1) is 12.8. The zero-order valence-electron chi connectivity index (χ0n) is 13.1. The summed E-state index contributed by atoms with van der Waals surface area (Å²) in [5.41, 5.74) is 0.110. The third-order valence-electron chi connectivity index (χ3n) is 3.48. The summed E-state index contributed by atoms with van der Waals surface area (Å²) in [7, 11) is 0. The molecule has 3 rings (SSSR count). The highest BCUT2D eigenvalue weighted by molar-refractivity contribution is 9.10. The molecule has 0 radical (unpaired) electrons. The van der Waals surface area contributed by atoms with E-state index in [1.54, 1.807) is 6.07 Å². The second kappa shape index (κ2) is 7.25. The van der Waals surface area contributed by atoms with Crippen molar-refractivity contribution in [1.82, 2.24) is 0 Å². The Bertz CT molecular complexity index is 1070. The molecule has 0 N–H and O–H groups in total. The lowest BCUT2D eigenvalue weighted by Crippen LogP contribution is -2.06. The number of benzene rings is 2. The van der Waals surface area contributed by atoms with Crippen LogP contribution in [0, 0.1) is 20.2 Å². The molecule has 9 nitrogen and oxygen atoms in total. The van der Waals surface area contributed by atoms with Crippen LogP contribution in [0.3, 0.4) is 0 Å². The molecule has 1 heterocycles. The molecule has 0 saturated carbocycles. The Hall–Kier alpha value is -3.11. The summed E-state index contributed by atoms with van der Waals surface area (Å²) in [5, 5.41) is 21.8. The first-order valence-electron chi connectivity index (χ1n) is 7.17. The maximum absolute atomic E-state index is 12.0. The lowest BCUT2D eigenvalue weighted by molar-refractivity contribution is -0.385. The van der Waals surface area contributed by atoms with Crippen LogP contribution < -0.4 is 0 Å². The number of ether oxygens (including phenoxy) is 1. The van der Waals surface area contributed by atoms with E-state index < -0.39 is 15.8 Å². The van der Waals surface area contributed by atoms with E-state index in [9.17, 15) is 25.0 Å². The molecule has 0 atom stereocenters. The Morgan fingerprint density at radius 2 is 1.85 bits per heavy atom. The summed E-state index contributed by atoms with van der Waals surface area (Å²) >= 11 is 9.08. The van der Waals surface area contributed by atoms with Gasteiger partial charge in [-0.1, -0.05) is 17.7 Å². The summed E-state index contributed by atoms with van der Waals surface area (Å²) in [6, 6.07) is 7.95. The van der Waals surface area contributed by atoms with E-state index in [-0.39, 0.29) is 33.6 Å². The van der Waals surface area contributed by atoms with Gasteiger partial charge in [0.25, 0.3) is 11.4 Å². The van der Waals surface area contributed by atoms with Gasteiger partial charge in [0, 0.05) is 18.2 Å². The van der Waals surface area contributed by atoms with E-state index in [2.05, 4.69) is 20.9 Å². The van der Waals surface area contributed by atoms with Crippen molar-refractivity contribution in [2.45, 2.75) is 0 Å². The highest BCUT2D eigenvalue weighted by Gasteiger charge is 2.26. The highest BCUT2D eigenvalue weighted by atomic mass is 79.9. The number of nitro groups is 2. The molecule has 2 aromatic rings.